The Balaban J connectivity index is 1.43. The van der Waals surface area contributed by atoms with Gasteiger partial charge in [0, 0.05) is 23.2 Å². The van der Waals surface area contributed by atoms with Crippen molar-refractivity contribution >= 4 is 50.3 Å². The molecule has 28 heavy (non-hydrogen) atoms. The van der Waals surface area contributed by atoms with Gasteiger partial charge in [-0.05, 0) is 48.1 Å². The molecule has 0 saturated carbocycles. The number of nitrogens with zero attached hydrogens (tertiary/aromatic N) is 3. The van der Waals surface area contributed by atoms with Crippen molar-refractivity contribution in [1.82, 2.24) is 14.7 Å². The lowest BCUT2D eigenvalue weighted by atomic mass is 10.1. The van der Waals surface area contributed by atoms with Gasteiger partial charge in [0.05, 0.1) is 19.4 Å². The van der Waals surface area contributed by atoms with Crippen molar-refractivity contribution in [2.45, 2.75) is 12.8 Å². The Hall–Kier alpha value is -1.65. The number of hydrogen-bond acceptors (Lipinski definition) is 6. The van der Waals surface area contributed by atoms with E-state index in [0.717, 1.165) is 27.4 Å². The molecule has 0 radical (unpaired) electrons. The van der Waals surface area contributed by atoms with Crippen molar-refractivity contribution in [3.05, 3.63) is 68.3 Å². The van der Waals surface area contributed by atoms with Crippen LogP contribution in [0.5, 0.6) is 0 Å². The second-order valence-electron chi connectivity index (χ2n) is 6.44. The van der Waals surface area contributed by atoms with Crippen LogP contribution in [0.15, 0.2) is 53.0 Å². The summed E-state index contributed by atoms with van der Waals surface area (Å²) in [6, 6.07) is 14.4. The summed E-state index contributed by atoms with van der Waals surface area (Å²) in [7, 11) is 0. The number of hydrogen-bond donors (Lipinski definition) is 1. The maximum absolute atomic E-state index is 13.2. The molecule has 1 N–H and O–H groups in total. The fourth-order valence-corrected chi connectivity index (χ4v) is 4.45. The van der Waals surface area contributed by atoms with Gasteiger partial charge in [-0.1, -0.05) is 45.5 Å². The van der Waals surface area contributed by atoms with Crippen LogP contribution in [0.1, 0.15) is 11.7 Å². The molecule has 9 heteroatoms. The average Bonchev–Trinajstić information content (AvgIpc) is 3.01. The summed E-state index contributed by atoms with van der Waals surface area (Å²) in [5.74, 6) is -0.240. The van der Waals surface area contributed by atoms with Crippen molar-refractivity contribution in [3.8, 4) is 0 Å². The maximum atomic E-state index is 13.2. The highest BCUT2D eigenvalue weighted by Gasteiger charge is 2.22. The third-order valence-corrected chi connectivity index (χ3v) is 6.12. The number of ether oxygens (including phenoxy) is 1. The van der Waals surface area contributed by atoms with Crippen molar-refractivity contribution in [2.24, 2.45) is 0 Å². The van der Waals surface area contributed by atoms with E-state index in [4.69, 9.17) is 17.0 Å². The first-order chi connectivity index (χ1) is 13.6. The van der Waals surface area contributed by atoms with Gasteiger partial charge >= 0.3 is 0 Å². The van der Waals surface area contributed by atoms with E-state index < -0.39 is 0 Å². The van der Waals surface area contributed by atoms with Gasteiger partial charge in [0.25, 0.3) is 0 Å². The molecule has 2 aromatic carbocycles. The molecule has 1 saturated heterocycles. The molecule has 4 rings (SSSR count). The van der Waals surface area contributed by atoms with Gasteiger partial charge in [-0.25, -0.2) is 9.07 Å². The summed E-state index contributed by atoms with van der Waals surface area (Å²) in [5, 5.41) is 8.66. The van der Waals surface area contributed by atoms with E-state index in [0.29, 0.717) is 23.8 Å². The SMILES string of the molecule is Fc1ccc(C2CN(Cn3nc(Nc4cccc(Br)c4)sc3=S)CCO2)cc1. The maximum Gasteiger partial charge on any atom is 0.209 e. The number of anilines is 2. The smallest absolute Gasteiger partial charge is 0.209 e. The number of benzene rings is 2. The molecule has 5 nitrogen and oxygen atoms in total. The third-order valence-electron chi connectivity index (χ3n) is 4.41. The van der Waals surface area contributed by atoms with Gasteiger partial charge in [-0.15, -0.1) is 5.10 Å². The Morgan fingerprint density at radius 3 is 2.89 bits per heavy atom. The monoisotopic (exact) mass is 480 g/mol. The highest BCUT2D eigenvalue weighted by atomic mass is 79.9. The molecule has 0 bridgehead atoms. The molecular weight excluding hydrogens is 463 g/mol. The second-order valence-corrected chi connectivity index (χ2v) is 8.98. The van der Waals surface area contributed by atoms with Crippen LogP contribution in [0.2, 0.25) is 0 Å². The van der Waals surface area contributed by atoms with E-state index in [9.17, 15) is 4.39 Å². The van der Waals surface area contributed by atoms with E-state index in [2.05, 4.69) is 31.2 Å². The van der Waals surface area contributed by atoms with E-state index in [-0.39, 0.29) is 11.9 Å². The predicted octanol–water partition coefficient (Wildman–Crippen LogP) is 5.35. The molecule has 0 amide bonds. The molecule has 0 aliphatic carbocycles. The molecule has 146 valence electrons. The molecule has 3 aromatic rings. The van der Waals surface area contributed by atoms with Gasteiger partial charge in [0.2, 0.25) is 5.13 Å². The van der Waals surface area contributed by atoms with Crippen LogP contribution < -0.4 is 5.32 Å². The quantitative estimate of drug-likeness (QED) is 0.498. The van der Waals surface area contributed by atoms with E-state index in [1.807, 2.05) is 28.9 Å². The lowest BCUT2D eigenvalue weighted by Gasteiger charge is -2.32. The Labute approximate surface area is 179 Å². The van der Waals surface area contributed by atoms with Crippen LogP contribution >= 0.6 is 39.5 Å². The van der Waals surface area contributed by atoms with Gasteiger partial charge in [-0.3, -0.25) is 4.90 Å². The zero-order valence-corrected chi connectivity index (χ0v) is 18.1. The largest absolute Gasteiger partial charge is 0.371 e. The molecule has 1 atom stereocenters. The van der Waals surface area contributed by atoms with Gasteiger partial charge < -0.3 is 10.1 Å². The number of nitrogens with one attached hydrogen (secondary N) is 1. The predicted molar refractivity (Wildman–Crippen MR) is 115 cm³/mol. The fraction of sp³-hybridized carbons (Fsp3) is 0.263. The standard InChI is InChI=1S/C19H18BrFN4OS2/c20-14-2-1-3-16(10-14)22-18-23-25(19(27)28-18)12-24-8-9-26-17(11-24)13-4-6-15(21)7-5-13/h1-7,10,17H,8-9,11-12H2,(H,22,23). The first-order valence-corrected chi connectivity index (χ1v) is 10.8. The van der Waals surface area contributed by atoms with Crippen molar-refractivity contribution in [1.29, 1.82) is 0 Å². The van der Waals surface area contributed by atoms with E-state index >= 15 is 0 Å². The van der Waals surface area contributed by atoms with Crippen LogP contribution in [0.3, 0.4) is 0 Å². The molecule has 1 fully saturated rings. The van der Waals surface area contributed by atoms with E-state index in [1.54, 1.807) is 12.1 Å². The topological polar surface area (TPSA) is 42.3 Å². The summed E-state index contributed by atoms with van der Waals surface area (Å²) < 4.78 is 22.6. The number of rotatable bonds is 5. The Bertz CT molecular complexity index is 1010. The van der Waals surface area contributed by atoms with Crippen molar-refractivity contribution in [2.75, 3.05) is 25.0 Å². The molecule has 1 aromatic heterocycles. The van der Waals surface area contributed by atoms with Crippen molar-refractivity contribution < 1.29 is 9.13 Å². The Morgan fingerprint density at radius 2 is 2.11 bits per heavy atom. The van der Waals surface area contributed by atoms with Gasteiger partial charge in [0.15, 0.2) is 3.95 Å². The third kappa shape index (κ3) is 4.84. The van der Waals surface area contributed by atoms with Gasteiger partial charge in [-0.2, -0.15) is 0 Å². The van der Waals surface area contributed by atoms with Crippen LogP contribution in [0.4, 0.5) is 15.2 Å². The Kier molecular flexibility index (Phi) is 6.17. The zero-order valence-electron chi connectivity index (χ0n) is 14.8. The highest BCUT2D eigenvalue weighted by Crippen LogP contribution is 2.25. The molecule has 0 spiro atoms. The molecule has 1 aliphatic heterocycles. The lowest BCUT2D eigenvalue weighted by molar-refractivity contribution is -0.0417. The lowest BCUT2D eigenvalue weighted by Crippen LogP contribution is -2.39. The normalized spacial score (nSPS) is 17.6. The minimum atomic E-state index is -0.240. The van der Waals surface area contributed by atoms with Crippen LogP contribution in [-0.2, 0) is 11.4 Å². The van der Waals surface area contributed by atoms with Crippen molar-refractivity contribution in [3.63, 3.8) is 0 Å². The minimum absolute atomic E-state index is 0.0820. The molecular formula is C19H18BrFN4OS2. The number of halogens is 2. The Morgan fingerprint density at radius 1 is 1.29 bits per heavy atom. The van der Waals surface area contributed by atoms with Crippen LogP contribution in [-0.4, -0.2) is 34.4 Å². The molecule has 1 unspecified atom stereocenters. The zero-order chi connectivity index (χ0) is 19.5. The second kappa shape index (κ2) is 8.79. The summed E-state index contributed by atoms with van der Waals surface area (Å²) >= 11 is 10.4. The first-order valence-electron chi connectivity index (χ1n) is 8.77. The number of morpholine rings is 1. The van der Waals surface area contributed by atoms with Gasteiger partial charge in [0.1, 0.15) is 5.82 Å². The summed E-state index contributed by atoms with van der Waals surface area (Å²) in [5.41, 5.74) is 1.93. The summed E-state index contributed by atoms with van der Waals surface area (Å²) in [4.78, 5) is 2.25. The molecule has 1 aliphatic rings. The average molecular weight is 481 g/mol. The molecule has 2 heterocycles. The first kappa shape index (κ1) is 19.7. The summed E-state index contributed by atoms with van der Waals surface area (Å²) in [6.07, 6.45) is -0.0820. The minimum Gasteiger partial charge on any atom is -0.371 e. The van der Waals surface area contributed by atoms with E-state index in [1.165, 1.54) is 23.5 Å². The van der Waals surface area contributed by atoms with Crippen LogP contribution in [0, 0.1) is 9.77 Å². The highest BCUT2D eigenvalue weighted by molar-refractivity contribution is 9.10. The summed E-state index contributed by atoms with van der Waals surface area (Å²) in [6.45, 7) is 2.71. The van der Waals surface area contributed by atoms with Crippen LogP contribution in [0.25, 0.3) is 0 Å². The number of aromatic nitrogens is 2. The fourth-order valence-electron chi connectivity index (χ4n) is 3.04.